The van der Waals surface area contributed by atoms with Crippen LogP contribution in [0.25, 0.3) is 0 Å². The molecule has 0 bridgehead atoms. The molecule has 3 atom stereocenters. The van der Waals surface area contributed by atoms with E-state index in [2.05, 4.69) is 29.2 Å². The number of rotatable bonds is 3. The molecular formula is C17H33N3. The van der Waals surface area contributed by atoms with Gasteiger partial charge >= 0.3 is 0 Å². The number of nitrogens with one attached hydrogen (secondary N) is 1. The summed E-state index contributed by atoms with van der Waals surface area (Å²) in [6.45, 7) is 3.90. The lowest BCUT2D eigenvalue weighted by Crippen LogP contribution is -2.54. The summed E-state index contributed by atoms with van der Waals surface area (Å²) in [4.78, 5) is 5.11. The zero-order chi connectivity index (χ0) is 13.9. The molecular weight excluding hydrogens is 246 g/mol. The largest absolute Gasteiger partial charge is 0.310 e. The Bertz CT molecular complexity index is 297. The molecule has 2 saturated heterocycles. The summed E-state index contributed by atoms with van der Waals surface area (Å²) in [6.07, 6.45) is 11.5. The second-order valence-electron chi connectivity index (χ2n) is 7.59. The molecule has 20 heavy (non-hydrogen) atoms. The van der Waals surface area contributed by atoms with Crippen LogP contribution in [-0.2, 0) is 0 Å². The number of hydrogen-bond donors (Lipinski definition) is 1. The van der Waals surface area contributed by atoms with E-state index in [1.54, 1.807) is 0 Å². The molecule has 3 fully saturated rings. The predicted molar refractivity (Wildman–Crippen MR) is 85.1 cm³/mol. The minimum Gasteiger partial charge on any atom is -0.310 e. The molecule has 3 rings (SSSR count). The van der Waals surface area contributed by atoms with Crippen LogP contribution in [0.15, 0.2) is 0 Å². The third-order valence-corrected chi connectivity index (χ3v) is 6.01. The molecule has 1 N–H and O–H groups in total. The van der Waals surface area contributed by atoms with Crippen molar-refractivity contribution in [1.82, 2.24) is 15.1 Å². The summed E-state index contributed by atoms with van der Waals surface area (Å²) in [5, 5.41) is 3.98. The van der Waals surface area contributed by atoms with Gasteiger partial charge in [-0.25, -0.2) is 0 Å². The lowest BCUT2D eigenvalue weighted by Gasteiger charge is -2.43. The van der Waals surface area contributed by atoms with Crippen LogP contribution >= 0.6 is 0 Å². The van der Waals surface area contributed by atoms with Crippen molar-refractivity contribution in [1.29, 1.82) is 0 Å². The van der Waals surface area contributed by atoms with Crippen molar-refractivity contribution in [3.05, 3.63) is 0 Å². The molecule has 3 aliphatic rings. The van der Waals surface area contributed by atoms with Gasteiger partial charge in [0.2, 0.25) is 0 Å². The van der Waals surface area contributed by atoms with Gasteiger partial charge in [0.15, 0.2) is 0 Å². The Labute approximate surface area is 125 Å². The first-order chi connectivity index (χ1) is 9.72. The van der Waals surface area contributed by atoms with Gasteiger partial charge in [0, 0.05) is 24.7 Å². The van der Waals surface area contributed by atoms with Crippen LogP contribution in [0.3, 0.4) is 0 Å². The Morgan fingerprint density at radius 3 is 2.45 bits per heavy atom. The van der Waals surface area contributed by atoms with Crippen molar-refractivity contribution in [2.45, 2.75) is 69.5 Å². The fraction of sp³-hybridized carbons (Fsp3) is 1.00. The van der Waals surface area contributed by atoms with E-state index in [0.717, 1.165) is 24.0 Å². The molecule has 0 amide bonds. The monoisotopic (exact) mass is 279 g/mol. The minimum atomic E-state index is 0.769. The Morgan fingerprint density at radius 1 is 0.950 bits per heavy atom. The van der Waals surface area contributed by atoms with Crippen LogP contribution in [0.2, 0.25) is 0 Å². The topological polar surface area (TPSA) is 18.5 Å². The normalized spacial score (nSPS) is 37.0. The molecule has 116 valence electrons. The van der Waals surface area contributed by atoms with Gasteiger partial charge in [0.25, 0.3) is 0 Å². The number of nitrogens with zero attached hydrogens (tertiary/aromatic N) is 2. The van der Waals surface area contributed by atoms with E-state index in [-0.39, 0.29) is 0 Å². The van der Waals surface area contributed by atoms with Gasteiger partial charge in [0.05, 0.1) is 0 Å². The lowest BCUT2D eigenvalue weighted by atomic mass is 9.77. The summed E-state index contributed by atoms with van der Waals surface area (Å²) in [6, 6.07) is 2.43. The van der Waals surface area contributed by atoms with Crippen molar-refractivity contribution in [2.75, 3.05) is 33.7 Å². The van der Waals surface area contributed by atoms with Gasteiger partial charge in [-0.15, -0.1) is 0 Å². The maximum absolute atomic E-state index is 3.98. The highest BCUT2D eigenvalue weighted by atomic mass is 15.2. The zero-order valence-electron chi connectivity index (χ0n) is 13.5. The number of fused-ring (bicyclic) bond motifs is 1. The van der Waals surface area contributed by atoms with E-state index in [9.17, 15) is 0 Å². The summed E-state index contributed by atoms with van der Waals surface area (Å²) in [5.41, 5.74) is 0. The molecule has 0 radical (unpaired) electrons. The van der Waals surface area contributed by atoms with Crippen LogP contribution in [0.4, 0.5) is 0 Å². The van der Waals surface area contributed by atoms with Gasteiger partial charge in [-0.05, 0) is 71.6 Å². The van der Waals surface area contributed by atoms with E-state index in [4.69, 9.17) is 0 Å². The van der Waals surface area contributed by atoms with Crippen molar-refractivity contribution >= 4 is 0 Å². The van der Waals surface area contributed by atoms with Crippen molar-refractivity contribution < 1.29 is 0 Å². The SMILES string of the molecule is CN(C)C1CCN(CC2CCC3CCCCC3N2)CC1. The fourth-order valence-electron chi connectivity index (χ4n) is 4.65. The second kappa shape index (κ2) is 6.76. The maximum atomic E-state index is 3.98. The molecule has 1 saturated carbocycles. The van der Waals surface area contributed by atoms with Gasteiger partial charge in [-0.1, -0.05) is 12.8 Å². The Balaban J connectivity index is 1.43. The summed E-state index contributed by atoms with van der Waals surface area (Å²) >= 11 is 0. The van der Waals surface area contributed by atoms with E-state index in [1.165, 1.54) is 71.0 Å². The van der Waals surface area contributed by atoms with Gasteiger partial charge in [-0.3, -0.25) is 0 Å². The predicted octanol–water partition coefficient (Wildman–Crippen LogP) is 2.32. The fourth-order valence-corrected chi connectivity index (χ4v) is 4.65. The van der Waals surface area contributed by atoms with Crippen LogP contribution in [0.1, 0.15) is 51.4 Å². The smallest absolute Gasteiger partial charge is 0.0197 e. The van der Waals surface area contributed by atoms with E-state index in [1.807, 2.05) is 0 Å². The average molecular weight is 279 g/mol. The Kier molecular flexibility index (Phi) is 5.00. The van der Waals surface area contributed by atoms with Crippen molar-refractivity contribution in [3.63, 3.8) is 0 Å². The van der Waals surface area contributed by atoms with Crippen LogP contribution in [0, 0.1) is 5.92 Å². The number of likely N-dealkylation sites (tertiary alicyclic amines) is 1. The Morgan fingerprint density at radius 2 is 1.70 bits per heavy atom. The molecule has 0 spiro atoms. The molecule has 0 aromatic carbocycles. The lowest BCUT2D eigenvalue weighted by molar-refractivity contribution is 0.108. The van der Waals surface area contributed by atoms with Crippen LogP contribution in [0.5, 0.6) is 0 Å². The molecule has 0 aromatic rings. The first-order valence-electron chi connectivity index (χ1n) is 8.87. The van der Waals surface area contributed by atoms with E-state index >= 15 is 0 Å². The zero-order valence-corrected chi connectivity index (χ0v) is 13.5. The molecule has 2 heterocycles. The van der Waals surface area contributed by atoms with Crippen LogP contribution < -0.4 is 5.32 Å². The molecule has 3 heteroatoms. The summed E-state index contributed by atoms with van der Waals surface area (Å²) < 4.78 is 0. The van der Waals surface area contributed by atoms with Crippen molar-refractivity contribution in [3.8, 4) is 0 Å². The second-order valence-corrected chi connectivity index (χ2v) is 7.59. The highest BCUT2D eigenvalue weighted by Crippen LogP contribution is 2.32. The highest BCUT2D eigenvalue weighted by Gasteiger charge is 2.32. The van der Waals surface area contributed by atoms with E-state index < -0.39 is 0 Å². The third-order valence-electron chi connectivity index (χ3n) is 6.01. The van der Waals surface area contributed by atoms with Gasteiger partial charge in [0.1, 0.15) is 0 Å². The average Bonchev–Trinajstić information content (AvgIpc) is 2.48. The first kappa shape index (κ1) is 14.8. The minimum absolute atomic E-state index is 0.769. The maximum Gasteiger partial charge on any atom is 0.0197 e. The molecule has 1 aliphatic carbocycles. The Hall–Kier alpha value is -0.120. The number of hydrogen-bond acceptors (Lipinski definition) is 3. The number of piperidine rings is 2. The van der Waals surface area contributed by atoms with E-state index in [0.29, 0.717) is 0 Å². The molecule has 3 unspecified atom stereocenters. The van der Waals surface area contributed by atoms with Crippen molar-refractivity contribution in [2.24, 2.45) is 5.92 Å². The molecule has 0 aromatic heterocycles. The standard InChI is InChI=1S/C17H33N3/c1-19(2)16-9-11-20(12-10-16)13-15-8-7-14-5-3-4-6-17(14)18-15/h14-18H,3-13H2,1-2H3. The summed E-state index contributed by atoms with van der Waals surface area (Å²) in [7, 11) is 4.46. The van der Waals surface area contributed by atoms with Gasteiger partial charge < -0.3 is 15.1 Å². The quantitative estimate of drug-likeness (QED) is 0.855. The highest BCUT2D eigenvalue weighted by molar-refractivity contribution is 4.91. The first-order valence-corrected chi connectivity index (χ1v) is 8.87. The third kappa shape index (κ3) is 3.55. The molecule has 2 aliphatic heterocycles. The van der Waals surface area contributed by atoms with Gasteiger partial charge in [-0.2, -0.15) is 0 Å². The molecule has 3 nitrogen and oxygen atoms in total. The summed E-state index contributed by atoms with van der Waals surface area (Å²) in [5.74, 6) is 1.000. The van der Waals surface area contributed by atoms with Crippen LogP contribution in [-0.4, -0.2) is 61.7 Å².